The van der Waals surface area contributed by atoms with E-state index in [1.165, 1.54) is 32.4 Å². The lowest BCUT2D eigenvalue weighted by Gasteiger charge is -2.36. The van der Waals surface area contributed by atoms with Gasteiger partial charge in [-0.2, -0.15) is 0 Å². The molecule has 0 aliphatic carbocycles. The molecule has 0 spiro atoms. The van der Waals surface area contributed by atoms with Crippen molar-refractivity contribution in [1.29, 1.82) is 0 Å². The van der Waals surface area contributed by atoms with Gasteiger partial charge in [0, 0.05) is 13.2 Å². The van der Waals surface area contributed by atoms with E-state index >= 15 is 0 Å². The average Bonchev–Trinajstić information content (AvgIpc) is 1.86. The number of ether oxygens (including phenoxy) is 1. The van der Waals surface area contributed by atoms with Gasteiger partial charge < -0.3 is 10.1 Å². The van der Waals surface area contributed by atoms with Gasteiger partial charge in [-0.1, -0.05) is 0 Å². The maximum Gasteiger partial charge on any atom is 0.0637 e. The molecule has 2 aliphatic heterocycles. The predicted molar refractivity (Wildman–Crippen MR) is 40.0 cm³/mol. The molecular formula is C8H15NO. The second kappa shape index (κ2) is 2.89. The lowest BCUT2D eigenvalue weighted by molar-refractivity contribution is -0.0887. The fraction of sp³-hybridized carbons (Fsp3) is 1.00. The minimum atomic E-state index is 0.604. The topological polar surface area (TPSA) is 21.3 Å². The van der Waals surface area contributed by atoms with E-state index in [0.717, 1.165) is 12.5 Å². The highest BCUT2D eigenvalue weighted by atomic mass is 16.5. The molecule has 0 radical (unpaired) electrons. The molecular weight excluding hydrogens is 126 g/mol. The Morgan fingerprint density at radius 3 is 2.70 bits per heavy atom. The van der Waals surface area contributed by atoms with Gasteiger partial charge in [0.25, 0.3) is 0 Å². The number of hydrogen-bond donors (Lipinski definition) is 1. The maximum atomic E-state index is 5.43. The second-order valence-corrected chi connectivity index (χ2v) is 3.30. The highest BCUT2D eigenvalue weighted by molar-refractivity contribution is 4.80. The van der Waals surface area contributed by atoms with Crippen molar-refractivity contribution in [2.45, 2.75) is 25.4 Å². The van der Waals surface area contributed by atoms with Gasteiger partial charge in [0.05, 0.1) is 6.10 Å². The minimum Gasteiger partial charge on any atom is -0.378 e. The van der Waals surface area contributed by atoms with Gasteiger partial charge in [-0.25, -0.2) is 0 Å². The molecule has 2 aliphatic rings. The third-order valence-electron chi connectivity index (χ3n) is 2.60. The molecule has 58 valence electrons. The molecule has 0 bridgehead atoms. The Balaban J connectivity index is 1.78. The molecule has 0 aromatic rings. The van der Waals surface area contributed by atoms with Crippen molar-refractivity contribution in [1.82, 2.24) is 5.32 Å². The van der Waals surface area contributed by atoms with E-state index in [1.54, 1.807) is 0 Å². The number of piperidine rings is 1. The molecule has 0 amide bonds. The summed E-state index contributed by atoms with van der Waals surface area (Å²) < 4.78 is 5.43. The zero-order valence-corrected chi connectivity index (χ0v) is 6.31. The van der Waals surface area contributed by atoms with Crippen LogP contribution in [-0.2, 0) is 4.74 Å². The second-order valence-electron chi connectivity index (χ2n) is 3.30. The van der Waals surface area contributed by atoms with Crippen molar-refractivity contribution in [2.75, 3.05) is 19.7 Å². The van der Waals surface area contributed by atoms with Crippen LogP contribution in [0.25, 0.3) is 0 Å². The summed E-state index contributed by atoms with van der Waals surface area (Å²) in [5, 5.41) is 3.40. The lowest BCUT2D eigenvalue weighted by atomic mass is 9.90. The Morgan fingerprint density at radius 2 is 2.20 bits per heavy atom. The van der Waals surface area contributed by atoms with Crippen LogP contribution in [0.1, 0.15) is 19.3 Å². The Bertz CT molecular complexity index is 106. The van der Waals surface area contributed by atoms with E-state index in [1.807, 2.05) is 0 Å². The van der Waals surface area contributed by atoms with Crippen molar-refractivity contribution >= 4 is 0 Å². The van der Waals surface area contributed by atoms with E-state index in [0.29, 0.717) is 6.10 Å². The first-order valence-corrected chi connectivity index (χ1v) is 4.29. The van der Waals surface area contributed by atoms with Gasteiger partial charge in [-0.3, -0.25) is 0 Å². The Hall–Kier alpha value is -0.0800. The summed E-state index contributed by atoms with van der Waals surface area (Å²) in [6.45, 7) is 3.40. The summed E-state index contributed by atoms with van der Waals surface area (Å²) in [5.74, 6) is 0.822. The largest absolute Gasteiger partial charge is 0.378 e. The Morgan fingerprint density at radius 1 is 1.30 bits per heavy atom. The van der Waals surface area contributed by atoms with Crippen LogP contribution in [-0.4, -0.2) is 25.8 Å². The number of rotatable bonds is 1. The van der Waals surface area contributed by atoms with Gasteiger partial charge in [-0.15, -0.1) is 0 Å². The summed E-state index contributed by atoms with van der Waals surface area (Å²) in [4.78, 5) is 0. The van der Waals surface area contributed by atoms with Crippen LogP contribution in [0.2, 0.25) is 0 Å². The first-order chi connectivity index (χ1) is 4.97. The normalized spacial score (nSPS) is 40.8. The molecule has 10 heavy (non-hydrogen) atoms. The first kappa shape index (κ1) is 6.62. The standard InChI is InChI=1S/C8H15NO/c1-2-7(6-9-4-1)8-3-5-10-8/h7-9H,1-6H2/t7-,8+/m1/s1. The molecule has 2 heterocycles. The van der Waals surface area contributed by atoms with Crippen molar-refractivity contribution in [3.05, 3.63) is 0 Å². The lowest BCUT2D eigenvalue weighted by Crippen LogP contribution is -2.42. The van der Waals surface area contributed by atoms with Crippen LogP contribution >= 0.6 is 0 Å². The zero-order chi connectivity index (χ0) is 6.81. The van der Waals surface area contributed by atoms with E-state index in [9.17, 15) is 0 Å². The SMILES string of the molecule is C1CNC[C@H]([C@@H]2CCO2)C1. The third kappa shape index (κ3) is 1.18. The monoisotopic (exact) mass is 141 g/mol. The van der Waals surface area contributed by atoms with Crippen molar-refractivity contribution in [2.24, 2.45) is 5.92 Å². The molecule has 0 aromatic heterocycles. The van der Waals surface area contributed by atoms with Crippen LogP contribution < -0.4 is 5.32 Å². The fourth-order valence-corrected chi connectivity index (χ4v) is 1.82. The van der Waals surface area contributed by atoms with E-state index in [4.69, 9.17) is 4.74 Å². The van der Waals surface area contributed by atoms with Crippen LogP contribution in [0, 0.1) is 5.92 Å². The molecule has 1 N–H and O–H groups in total. The number of hydrogen-bond acceptors (Lipinski definition) is 2. The molecule has 2 rings (SSSR count). The summed E-state index contributed by atoms with van der Waals surface area (Å²) in [6, 6.07) is 0. The summed E-state index contributed by atoms with van der Waals surface area (Å²) in [7, 11) is 0. The molecule has 2 nitrogen and oxygen atoms in total. The highest BCUT2D eigenvalue weighted by Crippen LogP contribution is 2.25. The van der Waals surface area contributed by atoms with Crippen molar-refractivity contribution in [3.8, 4) is 0 Å². The zero-order valence-electron chi connectivity index (χ0n) is 6.31. The molecule has 0 unspecified atom stereocenters. The van der Waals surface area contributed by atoms with E-state index < -0.39 is 0 Å². The molecule has 2 atom stereocenters. The van der Waals surface area contributed by atoms with Gasteiger partial charge >= 0.3 is 0 Å². The van der Waals surface area contributed by atoms with Gasteiger partial charge in [0.15, 0.2) is 0 Å². The van der Waals surface area contributed by atoms with E-state index in [-0.39, 0.29) is 0 Å². The quantitative estimate of drug-likeness (QED) is 0.582. The van der Waals surface area contributed by atoms with Crippen molar-refractivity contribution in [3.63, 3.8) is 0 Å². The molecule has 2 saturated heterocycles. The Labute approximate surface area is 61.9 Å². The van der Waals surface area contributed by atoms with Crippen LogP contribution in [0.3, 0.4) is 0 Å². The van der Waals surface area contributed by atoms with Gasteiger partial charge in [0.2, 0.25) is 0 Å². The highest BCUT2D eigenvalue weighted by Gasteiger charge is 2.28. The summed E-state index contributed by atoms with van der Waals surface area (Å²) >= 11 is 0. The minimum absolute atomic E-state index is 0.604. The smallest absolute Gasteiger partial charge is 0.0637 e. The predicted octanol–water partition coefficient (Wildman–Crippen LogP) is 0.775. The van der Waals surface area contributed by atoms with Crippen LogP contribution in [0.5, 0.6) is 0 Å². The van der Waals surface area contributed by atoms with Crippen LogP contribution in [0.15, 0.2) is 0 Å². The summed E-state index contributed by atoms with van der Waals surface area (Å²) in [6.07, 6.45) is 4.61. The third-order valence-corrected chi connectivity index (χ3v) is 2.60. The molecule has 2 fully saturated rings. The molecule has 0 saturated carbocycles. The molecule has 2 heteroatoms. The fourth-order valence-electron chi connectivity index (χ4n) is 1.82. The Kier molecular flexibility index (Phi) is 1.91. The van der Waals surface area contributed by atoms with Crippen LogP contribution in [0.4, 0.5) is 0 Å². The maximum absolute atomic E-state index is 5.43. The van der Waals surface area contributed by atoms with Crippen molar-refractivity contribution < 1.29 is 4.74 Å². The first-order valence-electron chi connectivity index (χ1n) is 4.29. The number of nitrogens with one attached hydrogen (secondary N) is 1. The van der Waals surface area contributed by atoms with Gasteiger partial charge in [-0.05, 0) is 31.7 Å². The van der Waals surface area contributed by atoms with E-state index in [2.05, 4.69) is 5.32 Å². The summed E-state index contributed by atoms with van der Waals surface area (Å²) in [5.41, 5.74) is 0. The molecule has 0 aromatic carbocycles. The van der Waals surface area contributed by atoms with Gasteiger partial charge in [0.1, 0.15) is 0 Å². The average molecular weight is 141 g/mol.